The lowest BCUT2D eigenvalue weighted by atomic mass is 10.2. The minimum Gasteiger partial charge on any atom is -0.462 e. The van der Waals surface area contributed by atoms with Crippen LogP contribution < -0.4 is 10.6 Å². The Labute approximate surface area is 198 Å². The fraction of sp³-hybridized carbons (Fsp3) is 0.632. The van der Waals surface area contributed by atoms with Gasteiger partial charge in [0.2, 0.25) is 0 Å². The van der Waals surface area contributed by atoms with Crippen LogP contribution in [0.1, 0.15) is 71.2 Å². The Kier molecular flexibility index (Phi) is 9.46. The zero-order valence-corrected chi connectivity index (χ0v) is 21.0. The topological polar surface area (TPSA) is 106 Å². The maximum Gasteiger partial charge on any atom is 0.350 e. The summed E-state index contributed by atoms with van der Waals surface area (Å²) in [7, 11) is 1.73. The van der Waals surface area contributed by atoms with Crippen molar-refractivity contribution in [3.05, 3.63) is 27.2 Å². The lowest BCUT2D eigenvalue weighted by Gasteiger charge is -2.16. The van der Waals surface area contributed by atoms with E-state index in [4.69, 9.17) is 4.74 Å². The minimum absolute atomic E-state index is 0. The van der Waals surface area contributed by atoms with Crippen molar-refractivity contribution in [2.24, 2.45) is 4.99 Å². The molecule has 0 radical (unpaired) electrons. The number of aliphatic imine (C=N–C) groups is 1. The van der Waals surface area contributed by atoms with Crippen LogP contribution in [0.3, 0.4) is 0 Å². The zero-order chi connectivity index (χ0) is 20.8. The van der Waals surface area contributed by atoms with E-state index in [-0.39, 0.29) is 36.0 Å². The van der Waals surface area contributed by atoms with E-state index in [1.807, 2.05) is 13.8 Å². The molecule has 9 nitrogen and oxygen atoms in total. The molecule has 0 saturated heterocycles. The van der Waals surface area contributed by atoms with Gasteiger partial charge >= 0.3 is 5.97 Å². The van der Waals surface area contributed by atoms with Gasteiger partial charge in [-0.15, -0.1) is 45.5 Å². The second kappa shape index (κ2) is 11.6. The summed E-state index contributed by atoms with van der Waals surface area (Å²) in [4.78, 5) is 21.4. The Morgan fingerprint density at radius 3 is 2.87 bits per heavy atom. The first-order valence-corrected chi connectivity index (χ1v) is 10.9. The number of guanidine groups is 1. The molecule has 1 atom stereocenters. The number of hydrogen-bond donors (Lipinski definition) is 2. The molecular weight excluding hydrogens is 517 g/mol. The first-order valence-electron chi connectivity index (χ1n) is 10.1. The predicted octanol–water partition coefficient (Wildman–Crippen LogP) is 2.99. The minimum atomic E-state index is -0.323. The monoisotopic (exact) mass is 547 g/mol. The molecule has 0 fully saturated rings. The molecule has 1 aliphatic rings. The van der Waals surface area contributed by atoms with Crippen molar-refractivity contribution in [2.45, 2.75) is 65.6 Å². The van der Waals surface area contributed by atoms with Crippen LogP contribution in [0.4, 0.5) is 0 Å². The Hall–Kier alpha value is -1.76. The molecule has 0 saturated carbocycles. The highest BCUT2D eigenvalue weighted by molar-refractivity contribution is 14.0. The van der Waals surface area contributed by atoms with E-state index in [1.54, 1.807) is 14.0 Å². The summed E-state index contributed by atoms with van der Waals surface area (Å²) in [6, 6.07) is -0.108. The summed E-state index contributed by atoms with van der Waals surface area (Å²) in [6.07, 6.45) is 4.56. The normalized spacial score (nSPS) is 14.9. The number of esters is 1. The van der Waals surface area contributed by atoms with Crippen molar-refractivity contribution >= 4 is 47.2 Å². The van der Waals surface area contributed by atoms with Crippen LogP contribution in [0.15, 0.2) is 4.99 Å². The van der Waals surface area contributed by atoms with Gasteiger partial charge in [-0.3, -0.25) is 4.99 Å². The quantitative estimate of drug-likeness (QED) is 0.248. The third-order valence-electron chi connectivity index (χ3n) is 4.82. The van der Waals surface area contributed by atoms with E-state index in [2.05, 4.69) is 35.4 Å². The van der Waals surface area contributed by atoms with Gasteiger partial charge in [-0.1, -0.05) is 6.42 Å². The van der Waals surface area contributed by atoms with Crippen LogP contribution in [0.5, 0.6) is 0 Å². The van der Waals surface area contributed by atoms with E-state index in [1.165, 1.54) is 24.2 Å². The molecule has 2 N–H and O–H groups in total. The van der Waals surface area contributed by atoms with Crippen molar-refractivity contribution in [1.82, 2.24) is 30.4 Å². The number of nitrogens with one attached hydrogen (secondary N) is 2. The summed E-state index contributed by atoms with van der Waals surface area (Å²) < 4.78 is 7.31. The number of thiazole rings is 1. The largest absolute Gasteiger partial charge is 0.462 e. The van der Waals surface area contributed by atoms with Gasteiger partial charge in [0, 0.05) is 20.0 Å². The molecule has 166 valence electrons. The lowest BCUT2D eigenvalue weighted by molar-refractivity contribution is 0.0531. The molecule has 3 heterocycles. The number of hydrogen-bond acceptors (Lipinski definition) is 7. The van der Waals surface area contributed by atoms with Gasteiger partial charge in [-0.2, -0.15) is 0 Å². The number of carbonyl (C=O) groups excluding carboxylic acids is 1. The average Bonchev–Trinajstić information content (AvgIpc) is 3.20. The van der Waals surface area contributed by atoms with Gasteiger partial charge in [0.1, 0.15) is 15.7 Å². The number of carbonyl (C=O) groups is 1. The second-order valence-electron chi connectivity index (χ2n) is 6.97. The van der Waals surface area contributed by atoms with Gasteiger partial charge in [-0.25, -0.2) is 9.78 Å². The van der Waals surface area contributed by atoms with E-state index in [0.717, 1.165) is 36.0 Å². The molecule has 0 amide bonds. The van der Waals surface area contributed by atoms with Gasteiger partial charge in [0.15, 0.2) is 11.8 Å². The van der Waals surface area contributed by atoms with Crippen LogP contribution in [0.25, 0.3) is 0 Å². The fourth-order valence-electron chi connectivity index (χ4n) is 3.29. The van der Waals surface area contributed by atoms with Crippen molar-refractivity contribution in [3.8, 4) is 0 Å². The highest BCUT2D eigenvalue weighted by Gasteiger charge is 2.20. The summed E-state index contributed by atoms with van der Waals surface area (Å²) in [6.45, 7) is 7.47. The van der Waals surface area contributed by atoms with E-state index in [9.17, 15) is 4.79 Å². The number of ether oxygens (including phenoxy) is 1. The zero-order valence-electron chi connectivity index (χ0n) is 17.9. The molecule has 0 spiro atoms. The molecule has 1 unspecified atom stereocenters. The Balaban J connectivity index is 0.00000320. The summed E-state index contributed by atoms with van der Waals surface area (Å²) in [5, 5.41) is 16.1. The van der Waals surface area contributed by atoms with Crippen LogP contribution >= 0.6 is 35.3 Å². The summed E-state index contributed by atoms with van der Waals surface area (Å²) in [5.74, 6) is 2.32. The maximum absolute atomic E-state index is 12.0. The Bertz CT molecular complexity index is 880. The third kappa shape index (κ3) is 5.90. The summed E-state index contributed by atoms with van der Waals surface area (Å²) in [5.41, 5.74) is 0.686. The Morgan fingerprint density at radius 1 is 1.33 bits per heavy atom. The van der Waals surface area contributed by atoms with Crippen molar-refractivity contribution in [3.63, 3.8) is 0 Å². The van der Waals surface area contributed by atoms with Crippen LogP contribution in [-0.2, 0) is 24.2 Å². The predicted molar refractivity (Wildman–Crippen MR) is 128 cm³/mol. The first kappa shape index (κ1) is 24.5. The number of halogens is 1. The molecule has 30 heavy (non-hydrogen) atoms. The summed E-state index contributed by atoms with van der Waals surface area (Å²) >= 11 is 1.35. The number of nitrogens with zero attached hydrogens (tertiary/aromatic N) is 5. The standard InChI is InChI=1S/C19H29N7O2S.HI/c1-5-28-18(27)16-12(2)22-17(29-16)13(3)23-19(20-4)21-11-15-25-24-14-9-7-6-8-10-26(14)15;/h13H,5-11H2,1-4H3,(H2,20,21,23);1H. The van der Waals surface area contributed by atoms with E-state index >= 15 is 0 Å². The van der Waals surface area contributed by atoms with Crippen molar-refractivity contribution < 1.29 is 9.53 Å². The van der Waals surface area contributed by atoms with Gasteiger partial charge < -0.3 is 19.9 Å². The number of aromatic nitrogens is 4. The van der Waals surface area contributed by atoms with Crippen LogP contribution in [-0.4, -0.2) is 45.3 Å². The molecular formula is C19H30IN7O2S. The molecule has 0 aromatic carbocycles. The van der Waals surface area contributed by atoms with Gasteiger partial charge in [0.25, 0.3) is 0 Å². The van der Waals surface area contributed by atoms with Gasteiger partial charge in [0.05, 0.1) is 24.9 Å². The van der Waals surface area contributed by atoms with Crippen LogP contribution in [0.2, 0.25) is 0 Å². The SMILES string of the molecule is CCOC(=O)c1sc(C(C)NC(=NC)NCc2nnc3n2CCCCC3)nc1C.I. The van der Waals surface area contributed by atoms with Crippen molar-refractivity contribution in [2.75, 3.05) is 13.7 Å². The maximum atomic E-state index is 12.0. The Morgan fingerprint density at radius 2 is 2.13 bits per heavy atom. The highest BCUT2D eigenvalue weighted by atomic mass is 127. The molecule has 1 aliphatic heterocycles. The fourth-order valence-corrected chi connectivity index (χ4v) is 4.25. The second-order valence-corrected chi connectivity index (χ2v) is 8.00. The molecule has 0 aliphatic carbocycles. The van der Waals surface area contributed by atoms with Crippen LogP contribution in [0, 0.1) is 6.92 Å². The molecule has 0 bridgehead atoms. The molecule has 2 aromatic rings. The number of aryl methyl sites for hydroxylation is 2. The smallest absolute Gasteiger partial charge is 0.350 e. The molecule has 3 rings (SSSR count). The molecule has 11 heteroatoms. The third-order valence-corrected chi connectivity index (χ3v) is 6.14. The number of rotatable bonds is 6. The lowest BCUT2D eigenvalue weighted by Crippen LogP contribution is -2.38. The van der Waals surface area contributed by atoms with Gasteiger partial charge in [-0.05, 0) is 33.6 Å². The van der Waals surface area contributed by atoms with E-state index < -0.39 is 0 Å². The first-order chi connectivity index (χ1) is 14.0. The number of fused-ring (bicyclic) bond motifs is 1. The van der Waals surface area contributed by atoms with Crippen molar-refractivity contribution in [1.29, 1.82) is 0 Å². The molecule has 2 aromatic heterocycles. The highest BCUT2D eigenvalue weighted by Crippen LogP contribution is 2.24. The average molecular weight is 547 g/mol. The van der Waals surface area contributed by atoms with E-state index in [0.29, 0.717) is 29.7 Å².